The van der Waals surface area contributed by atoms with E-state index in [2.05, 4.69) is 6.07 Å². The molecule has 0 amide bonds. The number of hydrogen-bond donors (Lipinski definition) is 1. The van der Waals surface area contributed by atoms with E-state index >= 15 is 0 Å². The molecular formula is C10H7KOW. The van der Waals surface area contributed by atoms with Gasteiger partial charge in [0.1, 0.15) is 5.75 Å². The molecule has 0 saturated heterocycles. The zero-order valence-corrected chi connectivity index (χ0v) is 13.4. The van der Waals surface area contributed by atoms with Crippen LogP contribution in [0.4, 0.5) is 0 Å². The van der Waals surface area contributed by atoms with E-state index in [4.69, 9.17) is 5.11 Å². The maximum Gasteiger partial charge on any atom is 1.00 e. The Labute approximate surface area is 134 Å². The second-order valence-corrected chi connectivity index (χ2v) is 2.46. The Balaban J connectivity index is 0.000000720. The number of rotatable bonds is 0. The molecule has 0 bridgehead atoms. The van der Waals surface area contributed by atoms with E-state index in [1.54, 1.807) is 12.1 Å². The molecule has 2 rings (SSSR count). The smallest absolute Gasteiger partial charge is 0.508 e. The number of phenolic OH excluding ortho intramolecular Hbond substituents is 1. The van der Waals surface area contributed by atoms with Crippen molar-refractivity contribution < 1.29 is 77.6 Å². The van der Waals surface area contributed by atoms with E-state index < -0.39 is 0 Å². The molecule has 0 radical (unpaired) electrons. The molecule has 0 heterocycles. The SMILES string of the molecule is Oc1ccc2c[c-]ccc2c1.[K+].[W]. The van der Waals surface area contributed by atoms with Crippen LogP contribution in [0.15, 0.2) is 36.4 Å². The summed E-state index contributed by atoms with van der Waals surface area (Å²) in [6.07, 6.45) is 0. The summed E-state index contributed by atoms with van der Waals surface area (Å²) in [4.78, 5) is 0. The second kappa shape index (κ2) is 6.33. The first-order valence-corrected chi connectivity index (χ1v) is 3.45. The minimum absolute atomic E-state index is 0. The van der Waals surface area contributed by atoms with Gasteiger partial charge in [0.15, 0.2) is 0 Å². The zero-order valence-electron chi connectivity index (χ0n) is 7.32. The molecule has 0 saturated carbocycles. The molecule has 60 valence electrons. The van der Waals surface area contributed by atoms with E-state index in [1.165, 1.54) is 0 Å². The van der Waals surface area contributed by atoms with Crippen molar-refractivity contribution in [3.8, 4) is 5.75 Å². The summed E-state index contributed by atoms with van der Waals surface area (Å²) in [7, 11) is 0. The number of fused-ring (bicyclic) bond motifs is 1. The van der Waals surface area contributed by atoms with Crippen LogP contribution in [0.3, 0.4) is 0 Å². The molecule has 2 aromatic rings. The Morgan fingerprint density at radius 1 is 1.08 bits per heavy atom. The van der Waals surface area contributed by atoms with Gasteiger partial charge in [0.25, 0.3) is 0 Å². The fourth-order valence-corrected chi connectivity index (χ4v) is 1.11. The maximum atomic E-state index is 9.12. The topological polar surface area (TPSA) is 20.2 Å². The minimum atomic E-state index is 0. The van der Waals surface area contributed by atoms with Crippen LogP contribution in [0.2, 0.25) is 0 Å². The minimum Gasteiger partial charge on any atom is -0.508 e. The van der Waals surface area contributed by atoms with E-state index in [1.807, 2.05) is 24.3 Å². The van der Waals surface area contributed by atoms with Crippen LogP contribution in [0, 0.1) is 6.07 Å². The van der Waals surface area contributed by atoms with Crippen molar-refractivity contribution in [2.45, 2.75) is 0 Å². The largest absolute Gasteiger partial charge is 1.00 e. The molecule has 0 aromatic heterocycles. The van der Waals surface area contributed by atoms with Gasteiger partial charge in [0, 0.05) is 21.1 Å². The van der Waals surface area contributed by atoms with Gasteiger partial charge in [-0.2, -0.15) is 24.3 Å². The van der Waals surface area contributed by atoms with Gasteiger partial charge in [-0.25, -0.2) is 0 Å². The first-order valence-electron chi connectivity index (χ1n) is 3.45. The molecule has 0 spiro atoms. The van der Waals surface area contributed by atoms with E-state index in [-0.39, 0.29) is 72.4 Å². The molecule has 3 heteroatoms. The van der Waals surface area contributed by atoms with Crippen LogP contribution in [0.25, 0.3) is 10.8 Å². The average Bonchev–Trinajstić information content (AvgIpc) is 2.04. The zero-order chi connectivity index (χ0) is 7.68. The Morgan fingerprint density at radius 3 is 2.62 bits per heavy atom. The van der Waals surface area contributed by atoms with Crippen molar-refractivity contribution in [1.29, 1.82) is 0 Å². The van der Waals surface area contributed by atoms with Crippen LogP contribution < -0.4 is 51.4 Å². The summed E-state index contributed by atoms with van der Waals surface area (Å²) in [5, 5.41) is 11.3. The molecule has 0 atom stereocenters. The summed E-state index contributed by atoms with van der Waals surface area (Å²) >= 11 is 0. The number of phenols is 1. The monoisotopic (exact) mass is 366 g/mol. The molecule has 2 aromatic carbocycles. The third kappa shape index (κ3) is 3.47. The number of aromatic hydroxyl groups is 1. The summed E-state index contributed by atoms with van der Waals surface area (Å²) in [6.45, 7) is 0. The van der Waals surface area contributed by atoms with Gasteiger partial charge >= 0.3 is 51.4 Å². The van der Waals surface area contributed by atoms with Crippen molar-refractivity contribution in [2.24, 2.45) is 0 Å². The molecular weight excluding hydrogens is 359 g/mol. The van der Waals surface area contributed by atoms with Gasteiger partial charge in [-0.1, -0.05) is 0 Å². The van der Waals surface area contributed by atoms with Crippen molar-refractivity contribution >= 4 is 10.8 Å². The summed E-state index contributed by atoms with van der Waals surface area (Å²) in [5.41, 5.74) is 0. The molecule has 0 aliphatic heterocycles. The molecule has 1 nitrogen and oxygen atoms in total. The van der Waals surface area contributed by atoms with E-state index in [0.717, 1.165) is 10.8 Å². The van der Waals surface area contributed by atoms with Crippen LogP contribution in [0.5, 0.6) is 5.75 Å². The van der Waals surface area contributed by atoms with Gasteiger partial charge in [-0.05, 0) is 12.1 Å². The fourth-order valence-electron chi connectivity index (χ4n) is 1.11. The molecule has 0 fully saturated rings. The maximum absolute atomic E-state index is 9.12. The van der Waals surface area contributed by atoms with Crippen molar-refractivity contribution in [3.63, 3.8) is 0 Å². The number of hydrogen-bond acceptors (Lipinski definition) is 1. The summed E-state index contributed by atoms with van der Waals surface area (Å²) in [5.74, 6) is 0.309. The third-order valence-electron chi connectivity index (χ3n) is 1.67. The molecule has 13 heavy (non-hydrogen) atoms. The first kappa shape index (κ1) is 13.8. The second-order valence-electron chi connectivity index (χ2n) is 2.46. The van der Waals surface area contributed by atoms with Crippen molar-refractivity contribution in [3.05, 3.63) is 42.5 Å². The molecule has 0 aliphatic rings. The predicted molar refractivity (Wildman–Crippen MR) is 44.4 cm³/mol. The van der Waals surface area contributed by atoms with Gasteiger partial charge in [-0.3, -0.25) is 0 Å². The Hall–Kier alpha value is 0.825. The summed E-state index contributed by atoms with van der Waals surface area (Å²) in [6, 6.07) is 13.9. The van der Waals surface area contributed by atoms with Crippen LogP contribution in [0.1, 0.15) is 0 Å². The standard InChI is InChI=1S/C10H7O.K.W/c11-10-6-5-8-3-1-2-4-9(8)7-10;;/h2-7,11H;;/q-1;+1;. The van der Waals surface area contributed by atoms with Gasteiger partial charge < -0.3 is 5.11 Å². The predicted octanol–water partition coefficient (Wildman–Crippen LogP) is -0.653. The fraction of sp³-hybridized carbons (Fsp3) is 0. The van der Waals surface area contributed by atoms with Gasteiger partial charge in [0.2, 0.25) is 0 Å². The van der Waals surface area contributed by atoms with E-state index in [9.17, 15) is 0 Å². The van der Waals surface area contributed by atoms with Gasteiger partial charge in [0.05, 0.1) is 0 Å². The first-order chi connectivity index (χ1) is 5.36. The van der Waals surface area contributed by atoms with Crippen molar-refractivity contribution in [2.75, 3.05) is 0 Å². The molecule has 0 aliphatic carbocycles. The molecule has 1 N–H and O–H groups in total. The van der Waals surface area contributed by atoms with Crippen LogP contribution >= 0.6 is 0 Å². The molecule has 0 unspecified atom stereocenters. The normalized spacial score (nSPS) is 8.62. The quantitative estimate of drug-likeness (QED) is 0.486. The Bertz CT molecular complexity index is 389. The van der Waals surface area contributed by atoms with Crippen molar-refractivity contribution in [1.82, 2.24) is 0 Å². The Morgan fingerprint density at radius 2 is 1.85 bits per heavy atom. The average molecular weight is 366 g/mol. The van der Waals surface area contributed by atoms with Crippen LogP contribution in [-0.4, -0.2) is 5.11 Å². The third-order valence-corrected chi connectivity index (χ3v) is 1.67. The van der Waals surface area contributed by atoms with E-state index in [0.29, 0.717) is 5.75 Å². The van der Waals surface area contributed by atoms with Gasteiger partial charge in [-0.15, -0.1) is 16.8 Å². The Kier molecular flexibility index (Phi) is 6.74. The summed E-state index contributed by atoms with van der Waals surface area (Å²) < 4.78 is 0. The number of benzene rings is 2. The van der Waals surface area contributed by atoms with Crippen LogP contribution in [-0.2, 0) is 21.1 Å².